The van der Waals surface area contributed by atoms with E-state index in [9.17, 15) is 18.3 Å². The third-order valence-electron chi connectivity index (χ3n) is 3.63. The van der Waals surface area contributed by atoms with Crippen LogP contribution in [-0.4, -0.2) is 25.5 Å². The summed E-state index contributed by atoms with van der Waals surface area (Å²) in [5.74, 6) is -0.461. The van der Waals surface area contributed by atoms with Crippen molar-refractivity contribution >= 4 is 38.9 Å². The van der Waals surface area contributed by atoms with Gasteiger partial charge in [0.2, 0.25) is 10.0 Å². The number of hydrogen-bond acceptors (Lipinski definition) is 5. The Kier molecular flexibility index (Phi) is 4.19. The maximum absolute atomic E-state index is 12.3. The van der Waals surface area contributed by atoms with Gasteiger partial charge >= 0.3 is 0 Å². The Bertz CT molecular complexity index is 879. The first-order valence-electron chi connectivity index (χ1n) is 6.65. The molecule has 3 rings (SSSR count). The van der Waals surface area contributed by atoms with E-state index in [0.717, 1.165) is 22.5 Å². The Morgan fingerprint density at radius 1 is 1.35 bits per heavy atom. The van der Waals surface area contributed by atoms with Crippen molar-refractivity contribution in [3.63, 3.8) is 0 Å². The summed E-state index contributed by atoms with van der Waals surface area (Å²) in [5.41, 5.74) is 1.69. The highest BCUT2D eigenvalue weighted by molar-refractivity contribution is 7.91. The van der Waals surface area contributed by atoms with Crippen LogP contribution in [0.2, 0.25) is 5.02 Å². The standard InChI is InChI=1S/C14H13ClN2O4S2/c15-8-1-2-9-7(5-8)6-10(18)13(9)17-14(19)11-3-4-12(22-11)23(16,20)21/h1-5,10,13,18H,6H2,(H,17,19)(H2,16,20,21)/t10-,13+/m1/s1. The number of sulfonamides is 1. The van der Waals surface area contributed by atoms with E-state index in [1.54, 1.807) is 18.2 Å². The molecule has 1 aromatic heterocycles. The summed E-state index contributed by atoms with van der Waals surface area (Å²) < 4.78 is 22.4. The number of nitrogens with two attached hydrogens (primary N) is 1. The molecule has 9 heteroatoms. The van der Waals surface area contributed by atoms with Gasteiger partial charge in [0.25, 0.3) is 5.91 Å². The molecule has 0 spiro atoms. The molecule has 0 fully saturated rings. The van der Waals surface area contributed by atoms with E-state index >= 15 is 0 Å². The lowest BCUT2D eigenvalue weighted by Gasteiger charge is -2.17. The smallest absolute Gasteiger partial charge is 0.261 e. The quantitative estimate of drug-likeness (QED) is 0.757. The Morgan fingerprint density at radius 3 is 2.74 bits per heavy atom. The number of carbonyl (C=O) groups is 1. The van der Waals surface area contributed by atoms with Crippen molar-refractivity contribution in [2.75, 3.05) is 0 Å². The summed E-state index contributed by atoms with van der Waals surface area (Å²) in [4.78, 5) is 12.5. The number of halogens is 1. The molecule has 0 saturated heterocycles. The van der Waals surface area contributed by atoms with Crippen molar-refractivity contribution in [2.24, 2.45) is 5.14 Å². The Morgan fingerprint density at radius 2 is 2.09 bits per heavy atom. The molecule has 1 aliphatic carbocycles. The number of thiophene rings is 1. The van der Waals surface area contributed by atoms with Crippen LogP contribution in [0.4, 0.5) is 0 Å². The van der Waals surface area contributed by atoms with Gasteiger partial charge in [0.1, 0.15) is 4.21 Å². The van der Waals surface area contributed by atoms with Crippen molar-refractivity contribution in [3.05, 3.63) is 51.4 Å². The topological polar surface area (TPSA) is 109 Å². The van der Waals surface area contributed by atoms with Gasteiger partial charge in [0.15, 0.2) is 0 Å². The zero-order chi connectivity index (χ0) is 16.8. The lowest BCUT2D eigenvalue weighted by atomic mass is 10.1. The van der Waals surface area contributed by atoms with E-state index in [0.29, 0.717) is 11.4 Å². The van der Waals surface area contributed by atoms with Crippen LogP contribution in [0.3, 0.4) is 0 Å². The van der Waals surface area contributed by atoms with Crippen LogP contribution in [0.15, 0.2) is 34.5 Å². The first-order valence-corrected chi connectivity index (χ1v) is 9.39. The molecule has 23 heavy (non-hydrogen) atoms. The summed E-state index contributed by atoms with van der Waals surface area (Å²) in [7, 11) is -3.83. The molecule has 0 radical (unpaired) electrons. The van der Waals surface area contributed by atoms with Gasteiger partial charge in [-0.1, -0.05) is 17.7 Å². The molecular weight excluding hydrogens is 360 g/mol. The molecule has 2 aromatic rings. The average Bonchev–Trinajstić information content (AvgIpc) is 3.04. The van der Waals surface area contributed by atoms with Crippen LogP contribution in [0.5, 0.6) is 0 Å². The molecule has 6 nitrogen and oxygen atoms in total. The van der Waals surface area contributed by atoms with E-state index in [4.69, 9.17) is 16.7 Å². The minimum Gasteiger partial charge on any atom is -0.390 e. The van der Waals surface area contributed by atoms with E-state index in [1.807, 2.05) is 0 Å². The van der Waals surface area contributed by atoms with Crippen molar-refractivity contribution < 1.29 is 18.3 Å². The number of fused-ring (bicyclic) bond motifs is 1. The maximum atomic E-state index is 12.3. The molecule has 1 aromatic carbocycles. The number of rotatable bonds is 3. The zero-order valence-corrected chi connectivity index (χ0v) is 14.1. The van der Waals surface area contributed by atoms with E-state index < -0.39 is 28.1 Å². The van der Waals surface area contributed by atoms with Gasteiger partial charge in [0, 0.05) is 11.4 Å². The van der Waals surface area contributed by atoms with Crippen molar-refractivity contribution in [1.29, 1.82) is 0 Å². The molecule has 122 valence electrons. The van der Waals surface area contributed by atoms with Gasteiger partial charge in [-0.15, -0.1) is 11.3 Å². The SMILES string of the molecule is NS(=O)(=O)c1ccc(C(=O)N[C@H]2c3ccc(Cl)cc3C[C@H]2O)s1. The average molecular weight is 373 g/mol. The lowest BCUT2D eigenvalue weighted by molar-refractivity contribution is 0.0862. The van der Waals surface area contributed by atoms with Gasteiger partial charge in [-0.3, -0.25) is 4.79 Å². The number of primary sulfonamides is 1. The van der Waals surface area contributed by atoms with E-state index in [2.05, 4.69) is 5.32 Å². The third-order valence-corrected chi connectivity index (χ3v) is 6.38. The van der Waals surface area contributed by atoms with Gasteiger partial charge in [-0.25, -0.2) is 13.6 Å². The number of carbonyl (C=O) groups excluding carboxylic acids is 1. The maximum Gasteiger partial charge on any atom is 0.261 e. The van der Waals surface area contributed by atoms with Gasteiger partial charge < -0.3 is 10.4 Å². The molecule has 1 heterocycles. The first kappa shape index (κ1) is 16.4. The summed E-state index contributed by atoms with van der Waals surface area (Å²) in [6.07, 6.45) is -0.363. The predicted molar refractivity (Wildman–Crippen MR) is 87.1 cm³/mol. The molecule has 0 unspecified atom stereocenters. The molecule has 1 amide bonds. The van der Waals surface area contributed by atoms with Crippen molar-refractivity contribution in [1.82, 2.24) is 5.32 Å². The molecule has 0 aliphatic heterocycles. The van der Waals surface area contributed by atoms with E-state index in [-0.39, 0.29) is 9.09 Å². The van der Waals surface area contributed by atoms with Crippen LogP contribution >= 0.6 is 22.9 Å². The number of aliphatic hydroxyl groups excluding tert-OH is 1. The van der Waals surface area contributed by atoms with Crippen LogP contribution in [-0.2, 0) is 16.4 Å². The second kappa shape index (κ2) is 5.88. The Balaban J connectivity index is 1.82. The second-order valence-electron chi connectivity index (χ2n) is 5.23. The molecule has 0 bridgehead atoms. The van der Waals surface area contributed by atoms with Crippen LogP contribution in [0, 0.1) is 0 Å². The molecule has 0 saturated carbocycles. The van der Waals surface area contributed by atoms with Gasteiger partial charge in [-0.2, -0.15) is 0 Å². The highest BCUT2D eigenvalue weighted by Gasteiger charge is 2.32. The fraction of sp³-hybridized carbons (Fsp3) is 0.214. The largest absolute Gasteiger partial charge is 0.390 e. The van der Waals surface area contributed by atoms with Gasteiger partial charge in [0.05, 0.1) is 17.0 Å². The summed E-state index contributed by atoms with van der Waals surface area (Å²) >= 11 is 6.72. The molecule has 1 aliphatic rings. The number of amides is 1. The van der Waals surface area contributed by atoms with E-state index in [1.165, 1.54) is 12.1 Å². The highest BCUT2D eigenvalue weighted by Crippen LogP contribution is 2.33. The monoisotopic (exact) mass is 372 g/mol. The number of nitrogens with one attached hydrogen (secondary N) is 1. The van der Waals surface area contributed by atoms with Crippen LogP contribution in [0.25, 0.3) is 0 Å². The summed E-state index contributed by atoms with van der Waals surface area (Å²) in [6.45, 7) is 0. The fourth-order valence-electron chi connectivity index (χ4n) is 2.59. The zero-order valence-electron chi connectivity index (χ0n) is 11.7. The van der Waals surface area contributed by atoms with Crippen molar-refractivity contribution in [3.8, 4) is 0 Å². The Hall–Kier alpha value is -1.45. The molecule has 4 N–H and O–H groups in total. The van der Waals surface area contributed by atoms with Crippen LogP contribution < -0.4 is 10.5 Å². The highest BCUT2D eigenvalue weighted by atomic mass is 35.5. The minimum atomic E-state index is -3.83. The van der Waals surface area contributed by atoms with Gasteiger partial charge in [-0.05, 0) is 35.4 Å². The number of aliphatic hydroxyl groups is 1. The molecular formula is C14H13ClN2O4S2. The van der Waals surface area contributed by atoms with Crippen LogP contribution in [0.1, 0.15) is 26.8 Å². The Labute approximate surface area is 141 Å². The normalized spacial score (nSPS) is 20.3. The summed E-state index contributed by atoms with van der Waals surface area (Å²) in [6, 6.07) is 7.34. The minimum absolute atomic E-state index is 0.0817. The van der Waals surface area contributed by atoms with Crippen molar-refractivity contribution in [2.45, 2.75) is 22.8 Å². The number of benzene rings is 1. The fourth-order valence-corrected chi connectivity index (χ4v) is 4.41. The second-order valence-corrected chi connectivity index (χ2v) is 8.54. The third kappa shape index (κ3) is 3.26. The number of hydrogen-bond donors (Lipinski definition) is 3. The first-order chi connectivity index (χ1) is 10.8. The molecule has 2 atom stereocenters. The summed E-state index contributed by atoms with van der Waals surface area (Å²) in [5, 5.41) is 18.5. The lowest BCUT2D eigenvalue weighted by Crippen LogP contribution is -2.33. The predicted octanol–water partition coefficient (Wildman–Crippen LogP) is 1.44.